The molecule has 0 aromatic carbocycles. The second-order valence-electron chi connectivity index (χ2n) is 3.25. The SMILES string of the molecule is C=CCCC(C)Nc1ccnn1C. The number of nitrogens with one attached hydrogen (secondary N) is 1. The highest BCUT2D eigenvalue weighted by atomic mass is 15.3. The smallest absolute Gasteiger partial charge is 0.124 e. The Kier molecular flexibility index (Phi) is 3.55. The molecule has 3 heteroatoms. The largest absolute Gasteiger partial charge is 0.368 e. The van der Waals surface area contributed by atoms with Crippen molar-refractivity contribution in [3.63, 3.8) is 0 Å². The van der Waals surface area contributed by atoms with E-state index >= 15 is 0 Å². The Morgan fingerprint density at radius 1 is 1.77 bits per heavy atom. The summed E-state index contributed by atoms with van der Waals surface area (Å²) in [5.41, 5.74) is 0. The Morgan fingerprint density at radius 3 is 3.08 bits per heavy atom. The molecule has 1 rings (SSSR count). The third-order valence-corrected chi connectivity index (χ3v) is 2.02. The van der Waals surface area contributed by atoms with Gasteiger partial charge in [0, 0.05) is 19.2 Å². The number of hydrogen-bond donors (Lipinski definition) is 1. The first-order valence-electron chi connectivity index (χ1n) is 4.59. The van der Waals surface area contributed by atoms with Crippen LogP contribution in [0.3, 0.4) is 0 Å². The molecule has 1 aromatic rings. The molecule has 0 aliphatic carbocycles. The zero-order chi connectivity index (χ0) is 9.68. The number of rotatable bonds is 5. The minimum absolute atomic E-state index is 0.466. The molecular formula is C10H17N3. The van der Waals surface area contributed by atoms with Crippen molar-refractivity contribution >= 4 is 5.82 Å². The molecule has 3 nitrogen and oxygen atoms in total. The van der Waals surface area contributed by atoms with Gasteiger partial charge < -0.3 is 5.32 Å². The van der Waals surface area contributed by atoms with Crippen molar-refractivity contribution in [2.45, 2.75) is 25.8 Å². The van der Waals surface area contributed by atoms with Gasteiger partial charge in [-0.3, -0.25) is 4.68 Å². The Bertz CT molecular complexity index is 265. The van der Waals surface area contributed by atoms with Crippen LogP contribution in [0.2, 0.25) is 0 Å². The van der Waals surface area contributed by atoms with Crippen molar-refractivity contribution in [3.8, 4) is 0 Å². The second kappa shape index (κ2) is 4.70. The van der Waals surface area contributed by atoms with Gasteiger partial charge in [0.1, 0.15) is 5.82 Å². The Hall–Kier alpha value is -1.25. The summed E-state index contributed by atoms with van der Waals surface area (Å²) in [6.45, 7) is 5.87. The van der Waals surface area contributed by atoms with Crippen molar-refractivity contribution in [2.75, 3.05) is 5.32 Å². The lowest BCUT2D eigenvalue weighted by Crippen LogP contribution is -2.16. The van der Waals surface area contributed by atoms with Crippen LogP contribution >= 0.6 is 0 Å². The summed E-state index contributed by atoms with van der Waals surface area (Å²) in [6.07, 6.45) is 5.89. The molecule has 1 unspecified atom stereocenters. The fourth-order valence-corrected chi connectivity index (χ4v) is 1.21. The van der Waals surface area contributed by atoms with Gasteiger partial charge in [-0.05, 0) is 19.8 Å². The van der Waals surface area contributed by atoms with E-state index in [-0.39, 0.29) is 0 Å². The van der Waals surface area contributed by atoms with Crippen LogP contribution in [0, 0.1) is 0 Å². The number of aryl methyl sites for hydroxylation is 1. The van der Waals surface area contributed by atoms with E-state index in [1.807, 2.05) is 23.9 Å². The Labute approximate surface area is 79.5 Å². The van der Waals surface area contributed by atoms with Crippen molar-refractivity contribution in [1.82, 2.24) is 9.78 Å². The second-order valence-corrected chi connectivity index (χ2v) is 3.25. The molecule has 0 aliphatic rings. The molecule has 0 aliphatic heterocycles. The van der Waals surface area contributed by atoms with Gasteiger partial charge >= 0.3 is 0 Å². The predicted molar refractivity (Wildman–Crippen MR) is 55.7 cm³/mol. The van der Waals surface area contributed by atoms with E-state index in [2.05, 4.69) is 23.9 Å². The maximum absolute atomic E-state index is 4.08. The summed E-state index contributed by atoms with van der Waals surface area (Å²) in [5.74, 6) is 1.07. The number of aromatic nitrogens is 2. The van der Waals surface area contributed by atoms with Crippen molar-refractivity contribution < 1.29 is 0 Å². The monoisotopic (exact) mass is 179 g/mol. The molecule has 0 radical (unpaired) electrons. The lowest BCUT2D eigenvalue weighted by molar-refractivity contribution is 0.692. The molecule has 72 valence electrons. The zero-order valence-corrected chi connectivity index (χ0v) is 8.33. The van der Waals surface area contributed by atoms with Crippen LogP contribution in [-0.4, -0.2) is 15.8 Å². The molecule has 1 atom stereocenters. The third-order valence-electron chi connectivity index (χ3n) is 2.02. The van der Waals surface area contributed by atoms with Crippen LogP contribution in [0.15, 0.2) is 24.9 Å². The highest BCUT2D eigenvalue weighted by Crippen LogP contribution is 2.08. The van der Waals surface area contributed by atoms with Crippen LogP contribution in [-0.2, 0) is 7.05 Å². The Morgan fingerprint density at radius 2 is 2.54 bits per heavy atom. The minimum atomic E-state index is 0.466. The van der Waals surface area contributed by atoms with Crippen LogP contribution in [0.5, 0.6) is 0 Å². The van der Waals surface area contributed by atoms with Gasteiger partial charge in [-0.1, -0.05) is 6.08 Å². The maximum atomic E-state index is 4.08. The summed E-state index contributed by atoms with van der Waals surface area (Å²) in [5, 5.41) is 7.46. The van der Waals surface area contributed by atoms with Gasteiger partial charge in [-0.25, -0.2) is 0 Å². The first kappa shape index (κ1) is 9.84. The molecule has 0 saturated carbocycles. The normalized spacial score (nSPS) is 12.5. The fraction of sp³-hybridized carbons (Fsp3) is 0.500. The van der Waals surface area contributed by atoms with Gasteiger partial charge in [-0.2, -0.15) is 5.10 Å². The first-order chi connectivity index (χ1) is 6.24. The molecule has 1 heterocycles. The topological polar surface area (TPSA) is 29.9 Å². The summed E-state index contributed by atoms with van der Waals surface area (Å²) in [4.78, 5) is 0. The summed E-state index contributed by atoms with van der Waals surface area (Å²) in [6, 6.07) is 2.44. The van der Waals surface area contributed by atoms with Gasteiger partial charge in [0.05, 0.1) is 6.20 Å². The molecular weight excluding hydrogens is 162 g/mol. The molecule has 1 N–H and O–H groups in total. The van der Waals surface area contributed by atoms with Crippen LogP contribution in [0.4, 0.5) is 5.82 Å². The average molecular weight is 179 g/mol. The van der Waals surface area contributed by atoms with Crippen LogP contribution in [0.25, 0.3) is 0 Å². The minimum Gasteiger partial charge on any atom is -0.368 e. The van der Waals surface area contributed by atoms with E-state index < -0.39 is 0 Å². The highest BCUT2D eigenvalue weighted by Gasteiger charge is 2.02. The van der Waals surface area contributed by atoms with E-state index in [1.54, 1.807) is 6.20 Å². The van der Waals surface area contributed by atoms with E-state index in [0.29, 0.717) is 6.04 Å². The molecule has 0 spiro atoms. The van der Waals surface area contributed by atoms with Crippen LogP contribution < -0.4 is 5.32 Å². The molecule has 1 aromatic heterocycles. The Balaban J connectivity index is 2.40. The fourth-order valence-electron chi connectivity index (χ4n) is 1.21. The molecule has 0 fully saturated rings. The van der Waals surface area contributed by atoms with Gasteiger partial charge in [0.15, 0.2) is 0 Å². The summed E-state index contributed by atoms with van der Waals surface area (Å²) in [7, 11) is 1.93. The number of allylic oxidation sites excluding steroid dienone is 1. The number of anilines is 1. The summed E-state index contributed by atoms with van der Waals surface area (Å²) < 4.78 is 1.84. The summed E-state index contributed by atoms with van der Waals surface area (Å²) >= 11 is 0. The number of hydrogen-bond acceptors (Lipinski definition) is 2. The lowest BCUT2D eigenvalue weighted by Gasteiger charge is -2.13. The first-order valence-corrected chi connectivity index (χ1v) is 4.59. The van der Waals surface area contributed by atoms with E-state index in [4.69, 9.17) is 0 Å². The highest BCUT2D eigenvalue weighted by molar-refractivity contribution is 5.34. The number of nitrogens with zero attached hydrogens (tertiary/aromatic N) is 2. The molecule has 0 bridgehead atoms. The van der Waals surface area contributed by atoms with E-state index in [9.17, 15) is 0 Å². The molecule has 0 amide bonds. The predicted octanol–water partition coefficient (Wildman–Crippen LogP) is 2.19. The lowest BCUT2D eigenvalue weighted by atomic mass is 10.2. The standard InChI is InChI=1S/C10H17N3/c1-4-5-6-9(2)12-10-7-8-11-13(10)3/h4,7-9,12H,1,5-6H2,2-3H3. The van der Waals surface area contributed by atoms with E-state index in [0.717, 1.165) is 18.7 Å². The molecule has 0 saturated heterocycles. The van der Waals surface area contributed by atoms with Crippen LogP contribution in [0.1, 0.15) is 19.8 Å². The van der Waals surface area contributed by atoms with Gasteiger partial charge in [-0.15, -0.1) is 6.58 Å². The van der Waals surface area contributed by atoms with Gasteiger partial charge in [0.25, 0.3) is 0 Å². The molecule has 13 heavy (non-hydrogen) atoms. The average Bonchev–Trinajstić information content (AvgIpc) is 2.48. The zero-order valence-electron chi connectivity index (χ0n) is 8.33. The third kappa shape index (κ3) is 2.93. The van der Waals surface area contributed by atoms with Crippen molar-refractivity contribution in [2.24, 2.45) is 7.05 Å². The quantitative estimate of drug-likeness (QED) is 0.702. The van der Waals surface area contributed by atoms with Crippen molar-refractivity contribution in [1.29, 1.82) is 0 Å². The maximum Gasteiger partial charge on any atom is 0.124 e. The van der Waals surface area contributed by atoms with E-state index in [1.165, 1.54) is 0 Å². The van der Waals surface area contributed by atoms with Gasteiger partial charge in [0.2, 0.25) is 0 Å². The van der Waals surface area contributed by atoms with Crippen molar-refractivity contribution in [3.05, 3.63) is 24.9 Å².